The van der Waals surface area contributed by atoms with Gasteiger partial charge in [0.15, 0.2) is 0 Å². The maximum atomic E-state index is 2.63. The number of aryl methyl sites for hydroxylation is 4. The molecule has 368 valence electrons. The molecule has 74 heavy (non-hydrogen) atoms. The van der Waals surface area contributed by atoms with Gasteiger partial charge in [-0.2, -0.15) is 0 Å². The Bertz CT molecular complexity index is 3440. The third-order valence-corrected chi connectivity index (χ3v) is 15.7. The lowest BCUT2D eigenvalue weighted by Gasteiger charge is -2.46. The average molecular weight is 964 g/mol. The molecule has 0 spiro atoms. The molecule has 11 rings (SSSR count). The zero-order valence-electron chi connectivity index (χ0n) is 45.8. The van der Waals surface area contributed by atoms with Crippen molar-refractivity contribution in [1.82, 2.24) is 0 Å². The molecule has 3 nitrogen and oxygen atoms in total. The molecule has 0 aliphatic carbocycles. The molecule has 2 aliphatic rings. The van der Waals surface area contributed by atoms with Gasteiger partial charge in [0.1, 0.15) is 0 Å². The lowest BCUT2D eigenvalue weighted by molar-refractivity contribution is 0.590. The maximum absolute atomic E-state index is 2.63. The predicted molar refractivity (Wildman–Crippen MR) is 321 cm³/mol. The highest BCUT2D eigenvalue weighted by atomic mass is 15.2. The first-order chi connectivity index (χ1) is 35.3. The monoisotopic (exact) mass is 964 g/mol. The van der Waals surface area contributed by atoms with E-state index in [0.717, 1.165) is 28.4 Å². The number of para-hydroxylation sites is 1. The fourth-order valence-corrected chi connectivity index (χ4v) is 11.6. The Balaban J connectivity index is 1.33. The largest absolute Gasteiger partial charge is 0.311 e. The summed E-state index contributed by atoms with van der Waals surface area (Å²) >= 11 is 0. The predicted octanol–water partition coefficient (Wildman–Crippen LogP) is 17.7. The minimum atomic E-state index is -0.0805. The van der Waals surface area contributed by atoms with Gasteiger partial charge in [-0.25, -0.2) is 0 Å². The van der Waals surface area contributed by atoms with Gasteiger partial charge in [0.05, 0.1) is 17.1 Å². The number of benzene rings is 9. The molecule has 0 aromatic heterocycles. The highest BCUT2D eigenvalue weighted by molar-refractivity contribution is 7.00. The summed E-state index contributed by atoms with van der Waals surface area (Å²) in [6.07, 6.45) is 0. The van der Waals surface area contributed by atoms with Crippen LogP contribution in [-0.2, 0) is 16.2 Å². The molecule has 4 heteroatoms. The number of hydrogen-bond acceptors (Lipinski definition) is 3. The van der Waals surface area contributed by atoms with Crippen molar-refractivity contribution < 1.29 is 0 Å². The molecule has 0 amide bonds. The first-order valence-corrected chi connectivity index (χ1v) is 26.6. The number of nitrogens with zero attached hydrogens (tertiary/aromatic N) is 3. The van der Waals surface area contributed by atoms with E-state index in [0.29, 0.717) is 0 Å². The third kappa shape index (κ3) is 8.52. The van der Waals surface area contributed by atoms with Crippen LogP contribution in [0.2, 0.25) is 0 Å². The highest BCUT2D eigenvalue weighted by Crippen LogP contribution is 2.52. The summed E-state index contributed by atoms with van der Waals surface area (Å²) in [6, 6.07) is 71.9. The molecule has 0 radical (unpaired) electrons. The maximum Gasteiger partial charge on any atom is 0.252 e. The number of fused-ring (bicyclic) bond motifs is 4. The van der Waals surface area contributed by atoms with Gasteiger partial charge in [-0.3, -0.25) is 0 Å². The summed E-state index contributed by atoms with van der Waals surface area (Å²) in [5.41, 5.74) is 28.0. The van der Waals surface area contributed by atoms with Crippen molar-refractivity contribution in [1.29, 1.82) is 0 Å². The second-order valence-electron chi connectivity index (χ2n) is 24.2. The Kier molecular flexibility index (Phi) is 11.9. The van der Waals surface area contributed by atoms with E-state index in [4.69, 9.17) is 0 Å². The van der Waals surface area contributed by atoms with E-state index in [1.54, 1.807) is 0 Å². The molecule has 9 aromatic rings. The minimum Gasteiger partial charge on any atom is -0.311 e. The SMILES string of the molecule is Cc1ccc(N2c3ccc(C(C)(C)C)cc3B3c4cc(C(C)(C)C)ccc4N(c4ccc(C)cc4-c4ccccc4C)c4cc(N(c5ccccc5)c5ccc(C(C)(C)C)cc5)cc2c43)c(-c2ccccc2C)c1. The molecular weight excluding hydrogens is 894 g/mol. The van der Waals surface area contributed by atoms with Crippen molar-refractivity contribution in [3.05, 3.63) is 227 Å². The fourth-order valence-electron chi connectivity index (χ4n) is 11.6. The molecule has 0 N–H and O–H groups in total. The molecule has 0 fully saturated rings. The molecule has 9 aromatic carbocycles. The van der Waals surface area contributed by atoms with Crippen LogP contribution in [0.4, 0.5) is 51.2 Å². The van der Waals surface area contributed by atoms with Crippen LogP contribution in [0.3, 0.4) is 0 Å². The minimum absolute atomic E-state index is 0.00825. The van der Waals surface area contributed by atoms with Gasteiger partial charge in [-0.05, 0) is 172 Å². The molecular formula is C70H70BN3. The lowest BCUT2D eigenvalue weighted by atomic mass is 9.33. The van der Waals surface area contributed by atoms with Gasteiger partial charge in [0.25, 0.3) is 6.71 Å². The van der Waals surface area contributed by atoms with Crippen LogP contribution < -0.4 is 31.1 Å². The van der Waals surface area contributed by atoms with Crippen molar-refractivity contribution in [3.8, 4) is 22.3 Å². The van der Waals surface area contributed by atoms with E-state index in [9.17, 15) is 0 Å². The topological polar surface area (TPSA) is 9.72 Å². The second-order valence-corrected chi connectivity index (χ2v) is 24.2. The van der Waals surface area contributed by atoms with Crippen LogP contribution >= 0.6 is 0 Å². The van der Waals surface area contributed by atoms with E-state index in [-0.39, 0.29) is 23.0 Å². The van der Waals surface area contributed by atoms with Crippen molar-refractivity contribution in [2.24, 2.45) is 0 Å². The van der Waals surface area contributed by atoms with Crippen LogP contribution in [0, 0.1) is 27.7 Å². The van der Waals surface area contributed by atoms with E-state index in [1.165, 1.54) is 100 Å². The van der Waals surface area contributed by atoms with Crippen LogP contribution in [0.1, 0.15) is 101 Å². The van der Waals surface area contributed by atoms with Gasteiger partial charge in [-0.15, -0.1) is 0 Å². The Labute approximate surface area is 442 Å². The Morgan fingerprint density at radius 3 is 1.15 bits per heavy atom. The Morgan fingerprint density at radius 2 is 0.716 bits per heavy atom. The molecule has 0 saturated heterocycles. The summed E-state index contributed by atoms with van der Waals surface area (Å²) in [4.78, 5) is 7.73. The first kappa shape index (κ1) is 48.7. The number of rotatable bonds is 7. The molecule has 0 unspecified atom stereocenters. The van der Waals surface area contributed by atoms with Gasteiger partial charge < -0.3 is 14.7 Å². The molecule has 0 saturated carbocycles. The van der Waals surface area contributed by atoms with Gasteiger partial charge >= 0.3 is 0 Å². The van der Waals surface area contributed by atoms with Crippen LogP contribution in [-0.4, -0.2) is 6.71 Å². The summed E-state index contributed by atoms with van der Waals surface area (Å²) in [6.45, 7) is 29.8. The van der Waals surface area contributed by atoms with Crippen molar-refractivity contribution >= 4 is 74.3 Å². The fraction of sp³-hybridized carbons (Fsp3) is 0.229. The Morgan fingerprint density at radius 1 is 0.324 bits per heavy atom. The van der Waals surface area contributed by atoms with Crippen LogP contribution in [0.25, 0.3) is 22.3 Å². The second kappa shape index (κ2) is 18.1. The summed E-state index contributed by atoms with van der Waals surface area (Å²) in [5.74, 6) is 0. The zero-order chi connectivity index (χ0) is 52.0. The average Bonchev–Trinajstić information content (AvgIpc) is 3.38. The number of hydrogen-bond donors (Lipinski definition) is 0. The van der Waals surface area contributed by atoms with E-state index < -0.39 is 0 Å². The van der Waals surface area contributed by atoms with E-state index >= 15 is 0 Å². The smallest absolute Gasteiger partial charge is 0.252 e. The van der Waals surface area contributed by atoms with Crippen molar-refractivity contribution in [2.75, 3.05) is 14.7 Å². The van der Waals surface area contributed by atoms with Crippen molar-refractivity contribution in [2.45, 2.75) is 106 Å². The van der Waals surface area contributed by atoms with E-state index in [1.807, 2.05) is 0 Å². The lowest BCUT2D eigenvalue weighted by Crippen LogP contribution is -2.61. The summed E-state index contributed by atoms with van der Waals surface area (Å²) < 4.78 is 0. The van der Waals surface area contributed by atoms with Gasteiger partial charge in [-0.1, -0.05) is 189 Å². The standard InChI is InChI=1S/C70H70BN3/c1-45-27-35-61(57(39-45)55-25-19-17-21-47(55)3)73-63-37-31-50(69(8,9)10)41-59(63)71-60-42-51(70(11,12)13)32-38-64(60)74(62-36-28-46(2)40-58(62)56-26-20-18-22-48(56)4)66-44-54(43-65(73)67(66)71)72(52-23-15-14-16-24-52)53-33-29-49(30-34-53)68(5,6)7/h14-44H,1-13H3. The first-order valence-electron chi connectivity index (χ1n) is 26.6. The summed E-state index contributed by atoms with van der Waals surface area (Å²) in [7, 11) is 0. The van der Waals surface area contributed by atoms with Gasteiger partial charge in [0.2, 0.25) is 0 Å². The molecule has 2 aliphatic heterocycles. The summed E-state index contributed by atoms with van der Waals surface area (Å²) in [5, 5.41) is 0. The number of anilines is 9. The molecule has 0 atom stereocenters. The normalized spacial score (nSPS) is 13.1. The Hall–Kier alpha value is -7.56. The van der Waals surface area contributed by atoms with Gasteiger partial charge in [0, 0.05) is 45.3 Å². The van der Waals surface area contributed by atoms with Crippen LogP contribution in [0.15, 0.2) is 188 Å². The zero-order valence-corrected chi connectivity index (χ0v) is 45.8. The highest BCUT2D eigenvalue weighted by Gasteiger charge is 2.45. The third-order valence-electron chi connectivity index (χ3n) is 15.7. The quantitative estimate of drug-likeness (QED) is 0.147. The molecule has 2 heterocycles. The van der Waals surface area contributed by atoms with Crippen LogP contribution in [0.5, 0.6) is 0 Å². The molecule has 0 bridgehead atoms. The van der Waals surface area contributed by atoms with E-state index in [2.05, 4.69) is 293 Å². The van der Waals surface area contributed by atoms with Crippen molar-refractivity contribution in [3.63, 3.8) is 0 Å².